The van der Waals surface area contributed by atoms with Crippen LogP contribution < -0.4 is 10.3 Å². The highest BCUT2D eigenvalue weighted by Crippen LogP contribution is 2.19. The van der Waals surface area contributed by atoms with E-state index in [2.05, 4.69) is 10.4 Å². The fraction of sp³-hybridized carbons (Fsp3) is 0.118. The van der Waals surface area contributed by atoms with E-state index in [4.69, 9.17) is 0 Å². The Morgan fingerprint density at radius 3 is 2.45 bits per heavy atom. The molecule has 0 unspecified atom stereocenters. The number of hydrogen-bond acceptors (Lipinski definition) is 3. The maximum absolute atomic E-state index is 12.1. The Labute approximate surface area is 128 Å². The molecule has 0 saturated carbocycles. The van der Waals surface area contributed by atoms with E-state index in [0.29, 0.717) is 17.1 Å². The zero-order valence-corrected chi connectivity index (χ0v) is 12.1. The average Bonchev–Trinajstić information content (AvgIpc) is 2.89. The van der Waals surface area contributed by atoms with Crippen molar-refractivity contribution in [1.82, 2.24) is 5.32 Å². The second-order valence-corrected chi connectivity index (χ2v) is 5.08. The molecular weight excluding hydrogens is 278 g/mol. The molecule has 0 spiro atoms. The molecule has 1 N–H and O–H groups in total. The topological polar surface area (TPSA) is 61.8 Å². The third-order valence-corrected chi connectivity index (χ3v) is 3.35. The van der Waals surface area contributed by atoms with Crippen LogP contribution in [0.15, 0.2) is 59.7 Å². The van der Waals surface area contributed by atoms with Gasteiger partial charge in [-0.3, -0.25) is 9.59 Å². The van der Waals surface area contributed by atoms with Crippen molar-refractivity contribution in [2.75, 3.05) is 5.01 Å². The highest BCUT2D eigenvalue weighted by Gasteiger charge is 2.26. The Balaban J connectivity index is 1.74. The molecule has 0 aliphatic carbocycles. The Hall–Kier alpha value is -2.95. The van der Waals surface area contributed by atoms with Crippen molar-refractivity contribution >= 4 is 23.3 Å². The normalized spacial score (nSPS) is 14.0. The van der Waals surface area contributed by atoms with Gasteiger partial charge in [0.1, 0.15) is 5.84 Å². The number of aryl methyl sites for hydroxylation is 1. The zero-order chi connectivity index (χ0) is 15.5. The number of nitrogens with one attached hydrogen (secondary N) is 1. The molecule has 0 fully saturated rings. The van der Waals surface area contributed by atoms with E-state index in [0.717, 1.165) is 5.56 Å². The first-order valence-electron chi connectivity index (χ1n) is 6.97. The van der Waals surface area contributed by atoms with Crippen molar-refractivity contribution in [3.05, 3.63) is 65.7 Å². The van der Waals surface area contributed by atoms with Gasteiger partial charge in [0.2, 0.25) is 0 Å². The highest BCUT2D eigenvalue weighted by molar-refractivity contribution is 6.17. The van der Waals surface area contributed by atoms with Crippen LogP contribution in [0.1, 0.15) is 22.3 Å². The maximum Gasteiger partial charge on any atom is 0.256 e. The Morgan fingerprint density at radius 2 is 1.77 bits per heavy atom. The summed E-state index contributed by atoms with van der Waals surface area (Å²) in [5, 5.41) is 8.19. The van der Waals surface area contributed by atoms with Crippen LogP contribution >= 0.6 is 0 Å². The number of hydrogen-bond donors (Lipinski definition) is 1. The number of carbonyl (C=O) groups is 2. The summed E-state index contributed by atoms with van der Waals surface area (Å²) in [5.41, 5.74) is 2.31. The number of para-hydroxylation sites is 1. The summed E-state index contributed by atoms with van der Waals surface area (Å²) in [6.45, 7) is 1.96. The Kier molecular flexibility index (Phi) is 3.70. The van der Waals surface area contributed by atoms with Crippen LogP contribution in [0, 0.1) is 6.92 Å². The smallest absolute Gasteiger partial charge is 0.256 e. The highest BCUT2D eigenvalue weighted by atomic mass is 16.2. The lowest BCUT2D eigenvalue weighted by atomic mass is 10.1. The standard InChI is InChI=1S/C17H15N3O2/c1-12-7-9-13(10-8-12)17(22)18-15-11-16(21)20(19-15)14-5-3-2-4-6-14/h2-10H,11H2,1H3,(H,18,19,22). The number of amides is 2. The van der Waals surface area contributed by atoms with Crippen LogP contribution in [0.2, 0.25) is 0 Å². The van der Waals surface area contributed by atoms with Crippen molar-refractivity contribution < 1.29 is 9.59 Å². The molecule has 110 valence electrons. The Bertz CT molecular complexity index is 736. The quantitative estimate of drug-likeness (QED) is 0.924. The van der Waals surface area contributed by atoms with E-state index in [1.807, 2.05) is 37.3 Å². The van der Waals surface area contributed by atoms with Crippen molar-refractivity contribution in [3.63, 3.8) is 0 Å². The summed E-state index contributed by atoms with van der Waals surface area (Å²) in [6, 6.07) is 16.4. The fourth-order valence-corrected chi connectivity index (χ4v) is 2.18. The minimum Gasteiger partial charge on any atom is -0.308 e. The summed E-state index contributed by atoms with van der Waals surface area (Å²) in [4.78, 5) is 24.1. The van der Waals surface area contributed by atoms with E-state index < -0.39 is 0 Å². The van der Waals surface area contributed by atoms with Crippen LogP contribution in [-0.2, 0) is 4.79 Å². The Morgan fingerprint density at radius 1 is 1.09 bits per heavy atom. The molecule has 0 atom stereocenters. The van der Waals surface area contributed by atoms with Crippen molar-refractivity contribution in [2.24, 2.45) is 5.10 Å². The van der Waals surface area contributed by atoms with E-state index in [-0.39, 0.29) is 18.2 Å². The van der Waals surface area contributed by atoms with Gasteiger partial charge in [-0.1, -0.05) is 35.9 Å². The maximum atomic E-state index is 12.1. The van der Waals surface area contributed by atoms with Gasteiger partial charge in [-0.2, -0.15) is 10.1 Å². The van der Waals surface area contributed by atoms with Gasteiger partial charge >= 0.3 is 0 Å². The molecule has 3 rings (SSSR count). The SMILES string of the molecule is Cc1ccc(C(=O)NC2=NN(c3ccccc3)C(=O)C2)cc1. The van der Waals surface area contributed by atoms with Gasteiger partial charge in [0.15, 0.2) is 0 Å². The molecule has 22 heavy (non-hydrogen) atoms. The van der Waals surface area contributed by atoms with Crippen LogP contribution in [0.3, 0.4) is 0 Å². The lowest BCUT2D eigenvalue weighted by Crippen LogP contribution is -2.29. The minimum atomic E-state index is -0.263. The molecular formula is C17H15N3O2. The third kappa shape index (κ3) is 2.88. The molecule has 0 bridgehead atoms. The number of hydrazone groups is 1. The van der Waals surface area contributed by atoms with Crippen LogP contribution in [0.25, 0.3) is 0 Å². The summed E-state index contributed by atoms with van der Waals surface area (Å²) < 4.78 is 0. The lowest BCUT2D eigenvalue weighted by molar-refractivity contribution is -0.116. The second-order valence-electron chi connectivity index (χ2n) is 5.08. The number of amidine groups is 1. The average molecular weight is 293 g/mol. The van der Waals surface area contributed by atoms with Gasteiger partial charge in [0.25, 0.3) is 11.8 Å². The zero-order valence-electron chi connectivity index (χ0n) is 12.1. The van der Waals surface area contributed by atoms with Crippen LogP contribution in [-0.4, -0.2) is 17.6 Å². The van der Waals surface area contributed by atoms with Gasteiger partial charge in [-0.25, -0.2) is 0 Å². The van der Waals surface area contributed by atoms with Crippen molar-refractivity contribution in [1.29, 1.82) is 0 Å². The molecule has 0 radical (unpaired) electrons. The van der Waals surface area contributed by atoms with E-state index in [1.54, 1.807) is 24.3 Å². The lowest BCUT2D eigenvalue weighted by Gasteiger charge is -2.10. The monoisotopic (exact) mass is 293 g/mol. The summed E-state index contributed by atoms with van der Waals surface area (Å²) in [5.74, 6) is -0.0636. The number of benzene rings is 2. The van der Waals surface area contributed by atoms with E-state index in [1.165, 1.54) is 5.01 Å². The van der Waals surface area contributed by atoms with E-state index in [9.17, 15) is 9.59 Å². The van der Waals surface area contributed by atoms with Gasteiger partial charge in [-0.15, -0.1) is 0 Å². The predicted molar refractivity (Wildman–Crippen MR) is 84.6 cm³/mol. The second kappa shape index (κ2) is 5.81. The summed E-state index contributed by atoms with van der Waals surface area (Å²) >= 11 is 0. The number of anilines is 1. The van der Waals surface area contributed by atoms with Gasteiger partial charge < -0.3 is 5.32 Å². The number of carbonyl (C=O) groups excluding carboxylic acids is 2. The molecule has 2 aromatic rings. The molecule has 0 aromatic heterocycles. The van der Waals surface area contributed by atoms with Gasteiger partial charge in [0.05, 0.1) is 12.1 Å². The molecule has 2 aromatic carbocycles. The molecule has 5 heteroatoms. The fourth-order valence-electron chi connectivity index (χ4n) is 2.18. The minimum absolute atomic E-state index is 0.0898. The third-order valence-electron chi connectivity index (χ3n) is 3.35. The first-order chi connectivity index (χ1) is 10.6. The summed E-state index contributed by atoms with van der Waals surface area (Å²) in [7, 11) is 0. The molecule has 1 aliphatic heterocycles. The molecule has 5 nitrogen and oxygen atoms in total. The van der Waals surface area contributed by atoms with E-state index >= 15 is 0 Å². The molecule has 1 heterocycles. The van der Waals surface area contributed by atoms with Crippen molar-refractivity contribution in [2.45, 2.75) is 13.3 Å². The molecule has 1 aliphatic rings. The van der Waals surface area contributed by atoms with Gasteiger partial charge in [0, 0.05) is 5.56 Å². The first kappa shape index (κ1) is 14.0. The van der Waals surface area contributed by atoms with Crippen molar-refractivity contribution in [3.8, 4) is 0 Å². The van der Waals surface area contributed by atoms with Gasteiger partial charge in [-0.05, 0) is 31.2 Å². The molecule has 0 saturated heterocycles. The number of rotatable bonds is 2. The molecule has 2 amide bonds. The predicted octanol–water partition coefficient (Wildman–Crippen LogP) is 2.48. The first-order valence-corrected chi connectivity index (χ1v) is 6.97. The van der Waals surface area contributed by atoms with Crippen LogP contribution in [0.5, 0.6) is 0 Å². The van der Waals surface area contributed by atoms with Crippen LogP contribution in [0.4, 0.5) is 5.69 Å². The summed E-state index contributed by atoms with van der Waals surface area (Å²) in [6.07, 6.45) is 0.0898. The number of nitrogens with zero attached hydrogens (tertiary/aromatic N) is 2. The largest absolute Gasteiger partial charge is 0.308 e.